The number of halogens is 3. The molecule has 0 amide bonds. The third-order valence-electron chi connectivity index (χ3n) is 4.29. The molecular formula is C21H18F3NO5S2. The standard InChI is InChI=1S/C21H18F3NO5S2/c1-11(2)9-12-3-5-13(6-4-12)16-10-15(20(31-16)30-21(26)27)25-32(28,29)17-8-7-14(22)18(23)19(17)24/h3-8,10-11,25H,9H2,1-2H3,(H,26,27). The first-order valence-corrected chi connectivity index (χ1v) is 11.6. The summed E-state index contributed by atoms with van der Waals surface area (Å²) in [5.41, 5.74) is 1.47. The van der Waals surface area contributed by atoms with Crippen LogP contribution in [0.5, 0.6) is 5.06 Å². The number of hydrogen-bond donors (Lipinski definition) is 2. The molecule has 0 spiro atoms. The van der Waals surface area contributed by atoms with E-state index in [2.05, 4.69) is 18.6 Å². The van der Waals surface area contributed by atoms with Crippen molar-refractivity contribution in [2.45, 2.75) is 25.2 Å². The van der Waals surface area contributed by atoms with Gasteiger partial charge in [-0.15, -0.1) is 0 Å². The minimum absolute atomic E-state index is 0.289. The largest absolute Gasteiger partial charge is 0.512 e. The maximum absolute atomic E-state index is 14.0. The van der Waals surface area contributed by atoms with Crippen LogP contribution in [0.3, 0.4) is 0 Å². The van der Waals surface area contributed by atoms with E-state index in [-0.39, 0.29) is 10.8 Å². The van der Waals surface area contributed by atoms with Crippen molar-refractivity contribution in [3.05, 3.63) is 65.5 Å². The van der Waals surface area contributed by atoms with E-state index in [1.807, 2.05) is 16.9 Å². The first kappa shape index (κ1) is 23.6. The topological polar surface area (TPSA) is 92.7 Å². The Hall–Kier alpha value is -3.05. The van der Waals surface area contributed by atoms with Crippen LogP contribution >= 0.6 is 11.3 Å². The van der Waals surface area contributed by atoms with Crippen LogP contribution in [-0.4, -0.2) is 19.7 Å². The van der Waals surface area contributed by atoms with E-state index in [1.54, 1.807) is 12.1 Å². The van der Waals surface area contributed by atoms with Gasteiger partial charge in [-0.3, -0.25) is 4.72 Å². The summed E-state index contributed by atoms with van der Waals surface area (Å²) in [5.74, 6) is -4.93. The van der Waals surface area contributed by atoms with Crippen molar-refractivity contribution in [1.29, 1.82) is 0 Å². The number of hydrogen-bond acceptors (Lipinski definition) is 5. The van der Waals surface area contributed by atoms with Gasteiger partial charge in [0.25, 0.3) is 10.0 Å². The van der Waals surface area contributed by atoms with E-state index >= 15 is 0 Å². The minimum atomic E-state index is -4.73. The summed E-state index contributed by atoms with van der Waals surface area (Å²) >= 11 is 0.849. The zero-order valence-corrected chi connectivity index (χ0v) is 18.5. The minimum Gasteiger partial charge on any atom is -0.449 e. The summed E-state index contributed by atoms with van der Waals surface area (Å²) in [6.45, 7) is 4.16. The van der Waals surface area contributed by atoms with Crippen molar-refractivity contribution in [3.8, 4) is 15.5 Å². The molecule has 0 fully saturated rings. The first-order valence-electron chi connectivity index (χ1n) is 9.28. The fraction of sp³-hybridized carbons (Fsp3) is 0.190. The van der Waals surface area contributed by atoms with Crippen molar-refractivity contribution in [2.24, 2.45) is 5.92 Å². The highest BCUT2D eigenvalue weighted by molar-refractivity contribution is 7.92. The molecule has 1 heterocycles. The highest BCUT2D eigenvalue weighted by Gasteiger charge is 2.27. The fourth-order valence-electron chi connectivity index (χ4n) is 2.93. The van der Waals surface area contributed by atoms with Gasteiger partial charge >= 0.3 is 6.16 Å². The second-order valence-electron chi connectivity index (χ2n) is 7.25. The fourth-order valence-corrected chi connectivity index (χ4v) is 5.09. The third-order valence-corrected chi connectivity index (χ3v) is 6.74. The molecule has 3 rings (SSSR count). The Morgan fingerprint density at radius 3 is 2.34 bits per heavy atom. The number of carboxylic acid groups (broad SMARTS) is 1. The van der Waals surface area contributed by atoms with Crippen LogP contribution in [0.4, 0.5) is 23.7 Å². The summed E-state index contributed by atoms with van der Waals surface area (Å²) in [5, 5.41) is 8.66. The van der Waals surface area contributed by atoms with Crippen molar-refractivity contribution in [2.75, 3.05) is 4.72 Å². The SMILES string of the molecule is CC(C)Cc1ccc(-c2cc(NS(=O)(=O)c3ccc(F)c(F)c3F)c(OC(=O)O)s2)cc1. The molecular weight excluding hydrogens is 467 g/mol. The van der Waals surface area contributed by atoms with Crippen LogP contribution in [0, 0.1) is 23.4 Å². The molecule has 0 saturated carbocycles. The Balaban J connectivity index is 1.98. The molecule has 0 unspecified atom stereocenters. The number of anilines is 1. The van der Waals surface area contributed by atoms with Gasteiger partial charge in [0.2, 0.25) is 5.06 Å². The molecule has 2 aromatic carbocycles. The second-order valence-corrected chi connectivity index (χ2v) is 9.92. The highest BCUT2D eigenvalue weighted by atomic mass is 32.2. The molecule has 0 bridgehead atoms. The van der Waals surface area contributed by atoms with Gasteiger partial charge in [-0.1, -0.05) is 49.4 Å². The number of carbonyl (C=O) groups is 1. The maximum Gasteiger partial charge on any atom is 0.512 e. The number of ether oxygens (including phenoxy) is 1. The van der Waals surface area contributed by atoms with E-state index in [0.717, 1.165) is 23.3 Å². The number of rotatable bonds is 7. The molecule has 2 N–H and O–H groups in total. The lowest BCUT2D eigenvalue weighted by Crippen LogP contribution is -2.16. The molecule has 32 heavy (non-hydrogen) atoms. The average Bonchev–Trinajstić information content (AvgIpc) is 3.07. The van der Waals surface area contributed by atoms with E-state index in [0.29, 0.717) is 28.5 Å². The molecule has 0 aliphatic carbocycles. The summed E-state index contributed by atoms with van der Waals surface area (Å²) < 4.78 is 72.5. The van der Waals surface area contributed by atoms with Crippen molar-refractivity contribution < 1.29 is 36.2 Å². The molecule has 0 aliphatic rings. The summed E-state index contributed by atoms with van der Waals surface area (Å²) in [7, 11) is -4.73. The lowest BCUT2D eigenvalue weighted by atomic mass is 10.0. The summed E-state index contributed by atoms with van der Waals surface area (Å²) in [4.78, 5) is 10.4. The van der Waals surface area contributed by atoms with Gasteiger partial charge in [0.15, 0.2) is 17.5 Å². The summed E-state index contributed by atoms with van der Waals surface area (Å²) in [6.07, 6.45) is -0.826. The summed E-state index contributed by atoms with van der Waals surface area (Å²) in [6, 6.07) is 9.73. The molecule has 6 nitrogen and oxygen atoms in total. The smallest absolute Gasteiger partial charge is 0.449 e. The maximum atomic E-state index is 14.0. The Bertz CT molecular complexity index is 1260. The van der Waals surface area contributed by atoms with Gasteiger partial charge in [-0.2, -0.15) is 0 Å². The van der Waals surface area contributed by atoms with E-state index in [9.17, 15) is 26.4 Å². The van der Waals surface area contributed by atoms with Crippen LogP contribution in [-0.2, 0) is 16.4 Å². The van der Waals surface area contributed by atoms with E-state index < -0.39 is 38.5 Å². The van der Waals surface area contributed by atoms with Gasteiger partial charge in [0.1, 0.15) is 10.6 Å². The Morgan fingerprint density at radius 1 is 1.09 bits per heavy atom. The zero-order chi connectivity index (χ0) is 23.6. The first-order chi connectivity index (χ1) is 15.0. The average molecular weight is 486 g/mol. The van der Waals surface area contributed by atoms with Crippen LogP contribution in [0.1, 0.15) is 19.4 Å². The van der Waals surface area contributed by atoms with Crippen LogP contribution in [0.2, 0.25) is 0 Å². The van der Waals surface area contributed by atoms with Gasteiger partial charge in [0.05, 0.1) is 0 Å². The Labute approximate surface area is 186 Å². The molecule has 3 aromatic rings. The Morgan fingerprint density at radius 2 is 1.75 bits per heavy atom. The molecule has 0 saturated heterocycles. The predicted octanol–water partition coefficient (Wildman–Crippen LogP) is 5.89. The molecule has 11 heteroatoms. The highest BCUT2D eigenvalue weighted by Crippen LogP contribution is 2.42. The third kappa shape index (κ3) is 5.22. The number of sulfonamides is 1. The van der Waals surface area contributed by atoms with Gasteiger partial charge in [-0.25, -0.2) is 26.4 Å². The monoisotopic (exact) mass is 485 g/mol. The molecule has 0 atom stereocenters. The van der Waals surface area contributed by atoms with Crippen molar-refractivity contribution >= 4 is 33.2 Å². The number of nitrogens with one attached hydrogen (secondary N) is 1. The normalized spacial score (nSPS) is 11.6. The molecule has 0 aliphatic heterocycles. The van der Waals surface area contributed by atoms with E-state index in [4.69, 9.17) is 5.11 Å². The molecule has 1 aromatic heterocycles. The van der Waals surface area contributed by atoms with Crippen molar-refractivity contribution in [1.82, 2.24) is 0 Å². The van der Waals surface area contributed by atoms with Crippen LogP contribution < -0.4 is 9.46 Å². The zero-order valence-electron chi connectivity index (χ0n) is 16.9. The van der Waals surface area contributed by atoms with Crippen molar-refractivity contribution in [3.63, 3.8) is 0 Å². The second kappa shape index (κ2) is 9.21. The van der Waals surface area contributed by atoms with Gasteiger partial charge in [0, 0.05) is 4.88 Å². The molecule has 170 valence electrons. The lowest BCUT2D eigenvalue weighted by molar-refractivity contribution is 0.146. The molecule has 0 radical (unpaired) electrons. The quantitative estimate of drug-likeness (QED) is 0.322. The Kier molecular flexibility index (Phi) is 6.79. The van der Waals surface area contributed by atoms with Crippen LogP contribution in [0.25, 0.3) is 10.4 Å². The predicted molar refractivity (Wildman–Crippen MR) is 114 cm³/mol. The number of thiophene rings is 1. The lowest BCUT2D eigenvalue weighted by Gasteiger charge is -2.09. The van der Waals surface area contributed by atoms with E-state index in [1.165, 1.54) is 6.07 Å². The number of benzene rings is 2. The van der Waals surface area contributed by atoms with Crippen LogP contribution in [0.15, 0.2) is 47.4 Å². The van der Waals surface area contributed by atoms with Gasteiger partial charge in [-0.05, 0) is 41.7 Å². The van der Waals surface area contributed by atoms with Gasteiger partial charge < -0.3 is 9.84 Å².